The molecule has 2 aliphatic rings. The number of carbonyl (C=O) groups is 1. The summed E-state index contributed by atoms with van der Waals surface area (Å²) in [4.78, 5) is 16.7. The molecule has 27 heavy (non-hydrogen) atoms. The largest absolute Gasteiger partial charge is 0.454 e. The quantitative estimate of drug-likeness (QED) is 0.757. The van der Waals surface area contributed by atoms with Crippen LogP contribution in [-0.2, 0) is 11.3 Å². The van der Waals surface area contributed by atoms with Gasteiger partial charge in [0.1, 0.15) is 0 Å². The summed E-state index contributed by atoms with van der Waals surface area (Å²) >= 11 is 6.18. The predicted molar refractivity (Wildman–Crippen MR) is 105 cm³/mol. The van der Waals surface area contributed by atoms with Gasteiger partial charge in [-0.3, -0.25) is 9.69 Å². The van der Waals surface area contributed by atoms with Gasteiger partial charge in [0.05, 0.1) is 5.02 Å². The molecule has 1 amide bonds. The van der Waals surface area contributed by atoms with Crippen molar-refractivity contribution in [2.75, 3.05) is 33.0 Å². The van der Waals surface area contributed by atoms with Crippen LogP contribution in [0.5, 0.6) is 11.5 Å². The Hall–Kier alpha value is -2.50. The summed E-state index contributed by atoms with van der Waals surface area (Å²) in [6, 6.07) is 14.0. The first-order valence-corrected chi connectivity index (χ1v) is 9.39. The topological polar surface area (TPSA) is 42.0 Å². The van der Waals surface area contributed by atoms with E-state index in [2.05, 4.69) is 29.2 Å². The van der Waals surface area contributed by atoms with Crippen LogP contribution < -0.4 is 9.47 Å². The van der Waals surface area contributed by atoms with E-state index in [1.54, 1.807) is 18.2 Å². The van der Waals surface area contributed by atoms with Crippen molar-refractivity contribution in [2.45, 2.75) is 6.54 Å². The predicted octanol–water partition coefficient (Wildman–Crippen LogP) is 3.43. The van der Waals surface area contributed by atoms with E-state index in [1.165, 1.54) is 5.56 Å². The zero-order chi connectivity index (χ0) is 18.6. The van der Waals surface area contributed by atoms with Gasteiger partial charge in [-0.15, -0.1) is 0 Å². The van der Waals surface area contributed by atoms with E-state index in [0.29, 0.717) is 16.5 Å². The van der Waals surface area contributed by atoms with Crippen LogP contribution in [-0.4, -0.2) is 48.7 Å². The van der Waals surface area contributed by atoms with E-state index in [9.17, 15) is 4.79 Å². The first kappa shape index (κ1) is 17.9. The van der Waals surface area contributed by atoms with E-state index < -0.39 is 0 Å². The van der Waals surface area contributed by atoms with Gasteiger partial charge >= 0.3 is 0 Å². The van der Waals surface area contributed by atoms with Crippen LogP contribution in [0.25, 0.3) is 6.08 Å². The Kier molecular flexibility index (Phi) is 5.32. The number of benzene rings is 2. The van der Waals surface area contributed by atoms with Crippen molar-refractivity contribution in [2.24, 2.45) is 0 Å². The highest BCUT2D eigenvalue weighted by Gasteiger charge is 2.20. The molecule has 2 aromatic rings. The number of fused-ring (bicyclic) bond motifs is 1. The number of hydrogen-bond acceptors (Lipinski definition) is 4. The summed E-state index contributed by atoms with van der Waals surface area (Å²) in [6.45, 7) is 4.33. The minimum absolute atomic E-state index is 0.0168. The molecule has 0 N–H and O–H groups in total. The number of piperazine rings is 1. The summed E-state index contributed by atoms with van der Waals surface area (Å²) < 4.78 is 10.7. The Balaban J connectivity index is 1.32. The van der Waals surface area contributed by atoms with Gasteiger partial charge in [-0.1, -0.05) is 41.9 Å². The normalized spacial score (nSPS) is 16.9. The Morgan fingerprint density at radius 2 is 1.85 bits per heavy atom. The minimum atomic E-state index is 0.0168. The maximum atomic E-state index is 12.5. The number of hydrogen-bond donors (Lipinski definition) is 0. The molecule has 0 unspecified atom stereocenters. The molecule has 6 heteroatoms. The molecule has 0 radical (unpaired) electrons. The maximum Gasteiger partial charge on any atom is 0.246 e. The molecule has 1 saturated heterocycles. The lowest BCUT2D eigenvalue weighted by atomic mass is 10.1. The molecule has 140 valence electrons. The molecule has 0 saturated carbocycles. The fourth-order valence-electron chi connectivity index (χ4n) is 3.32. The lowest BCUT2D eigenvalue weighted by Crippen LogP contribution is -2.47. The molecular weight excluding hydrogens is 364 g/mol. The summed E-state index contributed by atoms with van der Waals surface area (Å²) in [5.74, 6) is 1.20. The number of carbonyl (C=O) groups excluding carboxylic acids is 1. The smallest absolute Gasteiger partial charge is 0.246 e. The Labute approximate surface area is 163 Å². The lowest BCUT2D eigenvalue weighted by molar-refractivity contribution is -0.127. The number of amides is 1. The number of halogens is 1. The van der Waals surface area contributed by atoms with E-state index in [0.717, 1.165) is 38.3 Å². The third-order valence-electron chi connectivity index (χ3n) is 4.80. The fraction of sp³-hybridized carbons (Fsp3) is 0.286. The summed E-state index contributed by atoms with van der Waals surface area (Å²) in [7, 11) is 0. The average molecular weight is 385 g/mol. The number of ether oxygens (including phenoxy) is 2. The second-order valence-corrected chi connectivity index (χ2v) is 7.06. The van der Waals surface area contributed by atoms with Gasteiger partial charge in [0, 0.05) is 38.8 Å². The van der Waals surface area contributed by atoms with Crippen LogP contribution in [0.4, 0.5) is 0 Å². The molecular formula is C21H21ClN2O3. The monoisotopic (exact) mass is 384 g/mol. The molecule has 2 heterocycles. The highest BCUT2D eigenvalue weighted by molar-refractivity contribution is 6.32. The molecule has 1 fully saturated rings. The highest BCUT2D eigenvalue weighted by Crippen LogP contribution is 2.40. The van der Waals surface area contributed by atoms with Gasteiger partial charge < -0.3 is 14.4 Å². The molecule has 2 aromatic carbocycles. The van der Waals surface area contributed by atoms with Crippen LogP contribution >= 0.6 is 11.6 Å². The van der Waals surface area contributed by atoms with E-state index in [1.807, 2.05) is 17.0 Å². The van der Waals surface area contributed by atoms with Crippen LogP contribution in [0, 0.1) is 0 Å². The second-order valence-electron chi connectivity index (χ2n) is 6.66. The number of nitrogens with zero attached hydrogens (tertiary/aromatic N) is 2. The summed E-state index contributed by atoms with van der Waals surface area (Å²) in [5, 5.41) is 0.492. The van der Waals surface area contributed by atoms with Gasteiger partial charge in [0.15, 0.2) is 11.5 Å². The van der Waals surface area contributed by atoms with Gasteiger partial charge in [0.2, 0.25) is 12.7 Å². The van der Waals surface area contributed by atoms with Gasteiger partial charge in [-0.2, -0.15) is 0 Å². The molecule has 2 aliphatic heterocycles. The van der Waals surface area contributed by atoms with Crippen molar-refractivity contribution in [3.63, 3.8) is 0 Å². The Morgan fingerprint density at radius 1 is 1.07 bits per heavy atom. The van der Waals surface area contributed by atoms with Crippen molar-refractivity contribution >= 4 is 23.6 Å². The molecule has 5 nitrogen and oxygen atoms in total. The molecule has 0 atom stereocenters. The highest BCUT2D eigenvalue weighted by atomic mass is 35.5. The zero-order valence-electron chi connectivity index (χ0n) is 14.9. The maximum absolute atomic E-state index is 12.5. The van der Waals surface area contributed by atoms with E-state index in [4.69, 9.17) is 21.1 Å². The first-order chi connectivity index (χ1) is 13.2. The van der Waals surface area contributed by atoms with Crippen molar-refractivity contribution < 1.29 is 14.3 Å². The van der Waals surface area contributed by atoms with Crippen molar-refractivity contribution in [3.05, 3.63) is 64.7 Å². The van der Waals surface area contributed by atoms with Crippen molar-refractivity contribution in [3.8, 4) is 11.5 Å². The summed E-state index contributed by atoms with van der Waals surface area (Å²) in [5.41, 5.74) is 2.12. The molecule has 0 aliphatic carbocycles. The van der Waals surface area contributed by atoms with Crippen molar-refractivity contribution in [1.29, 1.82) is 0 Å². The molecule has 0 spiro atoms. The van der Waals surface area contributed by atoms with Crippen LogP contribution in [0.2, 0.25) is 5.02 Å². The van der Waals surface area contributed by atoms with Crippen LogP contribution in [0.3, 0.4) is 0 Å². The van der Waals surface area contributed by atoms with Crippen LogP contribution in [0.1, 0.15) is 11.1 Å². The Morgan fingerprint density at radius 3 is 2.63 bits per heavy atom. The van der Waals surface area contributed by atoms with Gasteiger partial charge in [-0.25, -0.2) is 0 Å². The van der Waals surface area contributed by atoms with E-state index in [-0.39, 0.29) is 12.7 Å². The zero-order valence-corrected chi connectivity index (χ0v) is 15.7. The van der Waals surface area contributed by atoms with Gasteiger partial charge in [0.25, 0.3) is 0 Å². The number of rotatable bonds is 4. The fourth-order valence-corrected chi connectivity index (χ4v) is 3.60. The summed E-state index contributed by atoms with van der Waals surface area (Å²) in [6.07, 6.45) is 3.37. The standard InChI is InChI=1S/C21H21ClN2O3/c22-18-12-17(13-19-21(18)27-15-26-19)6-7-20(25)24-10-8-23(9-11-24)14-16-4-2-1-3-5-16/h1-7,12-13H,8-11,14-15H2/b7-6+. The minimum Gasteiger partial charge on any atom is -0.454 e. The molecule has 4 rings (SSSR count). The Bertz CT molecular complexity index is 846. The third-order valence-corrected chi connectivity index (χ3v) is 5.08. The molecule has 0 aromatic heterocycles. The first-order valence-electron chi connectivity index (χ1n) is 9.01. The van der Waals surface area contributed by atoms with Crippen LogP contribution in [0.15, 0.2) is 48.5 Å². The average Bonchev–Trinajstić information content (AvgIpc) is 3.17. The third kappa shape index (κ3) is 4.26. The SMILES string of the molecule is O=C(/C=C/c1cc(Cl)c2c(c1)OCO2)N1CCN(Cc2ccccc2)CC1. The molecule has 0 bridgehead atoms. The van der Waals surface area contributed by atoms with Gasteiger partial charge in [-0.05, 0) is 29.3 Å². The van der Waals surface area contributed by atoms with Crippen molar-refractivity contribution in [1.82, 2.24) is 9.80 Å². The van der Waals surface area contributed by atoms with E-state index >= 15 is 0 Å². The lowest BCUT2D eigenvalue weighted by Gasteiger charge is -2.34. The second kappa shape index (κ2) is 8.03.